The fourth-order valence-corrected chi connectivity index (χ4v) is 2.06. The first kappa shape index (κ1) is 8.13. The highest BCUT2D eigenvalue weighted by atomic mass is 79.9. The number of nitrogens with zero attached hydrogens (tertiary/aromatic N) is 2. The van der Waals surface area contributed by atoms with Gasteiger partial charge in [0.25, 0.3) is 0 Å². The molecule has 0 aliphatic heterocycles. The van der Waals surface area contributed by atoms with Gasteiger partial charge >= 0.3 is 0 Å². The van der Waals surface area contributed by atoms with Crippen LogP contribution in [0, 0.1) is 5.82 Å². The van der Waals surface area contributed by atoms with Crippen molar-refractivity contribution in [3.63, 3.8) is 0 Å². The molecule has 0 aliphatic carbocycles. The Bertz CT molecular complexity index is 444. The molecule has 0 fully saturated rings. The molecule has 2 rings (SSSR count). The molecule has 0 saturated carbocycles. The van der Waals surface area contributed by atoms with E-state index in [1.807, 2.05) is 0 Å². The molecule has 2 nitrogen and oxygen atoms in total. The first-order valence-electron chi connectivity index (χ1n) is 3.06. The summed E-state index contributed by atoms with van der Waals surface area (Å²) in [6.07, 6.45) is 0. The number of hydrogen-bond acceptors (Lipinski definition) is 3. The summed E-state index contributed by atoms with van der Waals surface area (Å²) in [5.41, 5.74) is 1.09. The summed E-state index contributed by atoms with van der Waals surface area (Å²) in [5, 5.41) is 0. The zero-order valence-electron chi connectivity index (χ0n) is 5.71. The second-order valence-corrected chi connectivity index (χ2v) is 3.60. The van der Waals surface area contributed by atoms with Crippen LogP contribution >= 0.6 is 27.7 Å². The number of benzene rings is 1. The van der Waals surface area contributed by atoms with Crippen molar-refractivity contribution in [2.75, 3.05) is 0 Å². The summed E-state index contributed by atoms with van der Waals surface area (Å²) < 4.78 is 21.4. The number of aromatic nitrogens is 2. The number of hydrogen-bond donors (Lipinski definition) is 0. The van der Waals surface area contributed by atoms with Gasteiger partial charge in [0.2, 0.25) is 0 Å². The van der Waals surface area contributed by atoms with Crippen molar-refractivity contribution < 1.29 is 4.39 Å². The largest absolute Gasteiger partial charge is 0.208 e. The Morgan fingerprint density at radius 1 is 1.42 bits per heavy atom. The molecule has 1 aromatic carbocycles. The first-order valence-corrected chi connectivity index (χ1v) is 4.58. The van der Waals surface area contributed by atoms with Crippen molar-refractivity contribution in [2.45, 2.75) is 0 Å². The number of halogens is 2. The molecule has 1 aromatic heterocycles. The van der Waals surface area contributed by atoms with Gasteiger partial charge in [-0.3, -0.25) is 0 Å². The van der Waals surface area contributed by atoms with Crippen LogP contribution in [-0.4, -0.2) is 16.6 Å². The van der Waals surface area contributed by atoms with E-state index in [2.05, 4.69) is 24.7 Å². The lowest BCUT2D eigenvalue weighted by Gasteiger charge is -1.97. The van der Waals surface area contributed by atoms with Crippen molar-refractivity contribution in [1.29, 1.82) is 0 Å². The molecule has 0 bridgehead atoms. The fourth-order valence-electron chi connectivity index (χ4n) is 0.892. The molecular formula is C6HBBrFN2S. The van der Waals surface area contributed by atoms with Crippen molar-refractivity contribution in [3.05, 3.63) is 16.4 Å². The molecule has 2 aromatic rings. The van der Waals surface area contributed by atoms with Gasteiger partial charge < -0.3 is 0 Å². The number of rotatable bonds is 0. The molecule has 0 saturated heterocycles. The minimum absolute atomic E-state index is 0.0574. The van der Waals surface area contributed by atoms with Crippen LogP contribution in [0.4, 0.5) is 4.39 Å². The van der Waals surface area contributed by atoms with E-state index in [0.29, 0.717) is 15.5 Å². The first-order chi connectivity index (χ1) is 5.70. The molecule has 0 unspecified atom stereocenters. The minimum Gasteiger partial charge on any atom is -0.208 e. The van der Waals surface area contributed by atoms with Crippen LogP contribution < -0.4 is 5.46 Å². The Hall–Kier alpha value is -0.485. The molecular weight excluding hydrogens is 242 g/mol. The predicted octanol–water partition coefficient (Wildman–Crippen LogP) is 1.39. The third-order valence-electron chi connectivity index (χ3n) is 1.48. The zero-order chi connectivity index (χ0) is 8.72. The van der Waals surface area contributed by atoms with Crippen LogP contribution in [0.3, 0.4) is 0 Å². The average molecular weight is 243 g/mol. The minimum atomic E-state index is -0.470. The normalized spacial score (nSPS) is 10.8. The van der Waals surface area contributed by atoms with Crippen molar-refractivity contribution in [1.82, 2.24) is 8.75 Å². The van der Waals surface area contributed by atoms with Crippen molar-refractivity contribution in [2.24, 2.45) is 0 Å². The van der Waals surface area contributed by atoms with Crippen LogP contribution in [-0.2, 0) is 0 Å². The van der Waals surface area contributed by atoms with Crippen LogP contribution in [0.25, 0.3) is 11.0 Å². The monoisotopic (exact) mass is 242 g/mol. The Morgan fingerprint density at radius 2 is 2.08 bits per heavy atom. The lowest BCUT2D eigenvalue weighted by Crippen LogP contribution is -2.09. The van der Waals surface area contributed by atoms with Crippen LogP contribution in [0.15, 0.2) is 10.5 Å². The molecule has 1 heterocycles. The molecule has 58 valence electrons. The summed E-state index contributed by atoms with van der Waals surface area (Å²) in [6, 6.07) is 1.29. The van der Waals surface area contributed by atoms with E-state index >= 15 is 0 Å². The van der Waals surface area contributed by atoms with E-state index < -0.39 is 5.82 Å². The lowest BCUT2D eigenvalue weighted by atomic mass is 9.94. The van der Waals surface area contributed by atoms with E-state index in [1.54, 1.807) is 0 Å². The topological polar surface area (TPSA) is 25.8 Å². The highest BCUT2D eigenvalue weighted by Gasteiger charge is 2.09. The van der Waals surface area contributed by atoms with Gasteiger partial charge in [-0.1, -0.05) is 0 Å². The van der Waals surface area contributed by atoms with Crippen LogP contribution in [0.2, 0.25) is 0 Å². The fraction of sp³-hybridized carbons (Fsp3) is 0. The third-order valence-corrected chi connectivity index (χ3v) is 2.61. The van der Waals surface area contributed by atoms with Gasteiger partial charge in [0, 0.05) is 4.47 Å². The Balaban J connectivity index is 2.97. The summed E-state index contributed by atoms with van der Waals surface area (Å²) >= 11 is 4.18. The molecule has 2 radical (unpaired) electrons. The second kappa shape index (κ2) is 2.78. The maximum absolute atomic E-state index is 13.0. The lowest BCUT2D eigenvalue weighted by molar-refractivity contribution is 0.636. The SMILES string of the molecule is [B]c1c(F)cc(Br)c2nsnc12. The molecule has 0 spiro atoms. The Morgan fingerprint density at radius 3 is 2.83 bits per heavy atom. The van der Waals surface area contributed by atoms with Crippen molar-refractivity contribution >= 4 is 52.0 Å². The van der Waals surface area contributed by atoms with Crippen molar-refractivity contribution in [3.8, 4) is 0 Å². The van der Waals surface area contributed by atoms with Crippen LogP contribution in [0.5, 0.6) is 0 Å². The summed E-state index contributed by atoms with van der Waals surface area (Å²) in [5.74, 6) is -0.470. The molecule has 0 amide bonds. The van der Waals surface area contributed by atoms with E-state index in [0.717, 1.165) is 11.7 Å². The van der Waals surface area contributed by atoms with Gasteiger partial charge in [-0.15, -0.1) is 0 Å². The maximum Gasteiger partial charge on any atom is 0.121 e. The quantitative estimate of drug-likeness (QED) is 0.653. The van der Waals surface area contributed by atoms with E-state index in [1.165, 1.54) is 6.07 Å². The van der Waals surface area contributed by atoms with Gasteiger partial charge in [0.1, 0.15) is 24.7 Å². The van der Waals surface area contributed by atoms with E-state index in [-0.39, 0.29) is 5.46 Å². The van der Waals surface area contributed by atoms with Gasteiger partial charge in [-0.05, 0) is 27.5 Å². The van der Waals surface area contributed by atoms with Gasteiger partial charge in [-0.2, -0.15) is 8.75 Å². The Kier molecular flexibility index (Phi) is 1.88. The van der Waals surface area contributed by atoms with Gasteiger partial charge in [-0.25, -0.2) is 4.39 Å². The molecule has 12 heavy (non-hydrogen) atoms. The Labute approximate surface area is 81.7 Å². The summed E-state index contributed by atoms with van der Waals surface area (Å²) in [7, 11) is 5.44. The highest BCUT2D eigenvalue weighted by Crippen LogP contribution is 2.21. The summed E-state index contributed by atoms with van der Waals surface area (Å²) in [6.45, 7) is 0. The molecule has 6 heteroatoms. The highest BCUT2D eigenvalue weighted by molar-refractivity contribution is 9.10. The predicted molar refractivity (Wildman–Crippen MR) is 50.5 cm³/mol. The molecule has 0 atom stereocenters. The van der Waals surface area contributed by atoms with Crippen LogP contribution in [0.1, 0.15) is 0 Å². The van der Waals surface area contributed by atoms with Gasteiger partial charge in [0.05, 0.1) is 11.7 Å². The van der Waals surface area contributed by atoms with E-state index in [9.17, 15) is 4.39 Å². The standard InChI is InChI=1S/C6HBBrFN2S/c7-4-3(9)1-2(8)5-6(4)11-12-10-5/h1H. The average Bonchev–Trinajstić information content (AvgIpc) is 2.48. The molecule has 0 aliphatic rings. The summed E-state index contributed by atoms with van der Waals surface area (Å²) in [4.78, 5) is 0. The zero-order valence-corrected chi connectivity index (χ0v) is 8.12. The smallest absolute Gasteiger partial charge is 0.121 e. The van der Waals surface area contributed by atoms with E-state index in [4.69, 9.17) is 7.85 Å². The number of fused-ring (bicyclic) bond motifs is 1. The molecule has 0 N–H and O–H groups in total. The third kappa shape index (κ3) is 1.06. The maximum atomic E-state index is 13.0. The second-order valence-electron chi connectivity index (χ2n) is 2.22. The van der Waals surface area contributed by atoms with Gasteiger partial charge in [0.15, 0.2) is 0 Å².